The van der Waals surface area contributed by atoms with E-state index in [0.717, 1.165) is 12.1 Å². The van der Waals surface area contributed by atoms with E-state index in [1.807, 2.05) is 24.3 Å². The summed E-state index contributed by atoms with van der Waals surface area (Å²) in [7, 11) is 0. The van der Waals surface area contributed by atoms with Gasteiger partial charge in [0.1, 0.15) is 0 Å². The van der Waals surface area contributed by atoms with E-state index in [1.54, 1.807) is 0 Å². The molecule has 0 aliphatic heterocycles. The SMILES string of the molecule is CCc1cccc(NC(=O)NCCNC(C)=O)c1. The first-order valence-corrected chi connectivity index (χ1v) is 6.00. The van der Waals surface area contributed by atoms with E-state index >= 15 is 0 Å². The van der Waals surface area contributed by atoms with Crippen LogP contribution in [0.4, 0.5) is 10.5 Å². The number of hydrogen-bond acceptors (Lipinski definition) is 2. The van der Waals surface area contributed by atoms with Gasteiger partial charge in [-0.15, -0.1) is 0 Å². The molecule has 1 rings (SSSR count). The van der Waals surface area contributed by atoms with Crippen molar-refractivity contribution in [2.24, 2.45) is 0 Å². The Morgan fingerprint density at radius 2 is 1.89 bits per heavy atom. The minimum atomic E-state index is -0.270. The summed E-state index contributed by atoms with van der Waals surface area (Å²) in [6.07, 6.45) is 0.930. The maximum Gasteiger partial charge on any atom is 0.319 e. The topological polar surface area (TPSA) is 70.2 Å². The molecule has 3 N–H and O–H groups in total. The third-order valence-corrected chi connectivity index (χ3v) is 2.38. The van der Waals surface area contributed by atoms with E-state index in [0.29, 0.717) is 13.1 Å². The molecule has 0 radical (unpaired) electrons. The van der Waals surface area contributed by atoms with E-state index in [9.17, 15) is 9.59 Å². The Balaban J connectivity index is 2.33. The summed E-state index contributed by atoms with van der Waals surface area (Å²) in [6.45, 7) is 4.33. The van der Waals surface area contributed by atoms with Gasteiger partial charge in [-0.3, -0.25) is 4.79 Å². The van der Waals surface area contributed by atoms with Crippen LogP contribution in [-0.4, -0.2) is 25.0 Å². The predicted octanol–water partition coefficient (Wildman–Crippen LogP) is 1.51. The number of rotatable bonds is 5. The van der Waals surface area contributed by atoms with Crippen molar-refractivity contribution in [2.75, 3.05) is 18.4 Å². The lowest BCUT2D eigenvalue weighted by Gasteiger charge is -2.08. The zero-order chi connectivity index (χ0) is 13.4. The van der Waals surface area contributed by atoms with Crippen LogP contribution in [0.3, 0.4) is 0 Å². The molecule has 5 nitrogen and oxygen atoms in total. The average molecular weight is 249 g/mol. The Hall–Kier alpha value is -2.04. The largest absolute Gasteiger partial charge is 0.355 e. The van der Waals surface area contributed by atoms with Crippen LogP contribution in [0.25, 0.3) is 0 Å². The fourth-order valence-corrected chi connectivity index (χ4v) is 1.46. The van der Waals surface area contributed by atoms with Gasteiger partial charge in [-0.05, 0) is 24.1 Å². The van der Waals surface area contributed by atoms with E-state index < -0.39 is 0 Å². The lowest BCUT2D eigenvalue weighted by atomic mass is 10.1. The highest BCUT2D eigenvalue weighted by Gasteiger charge is 2.01. The third-order valence-electron chi connectivity index (χ3n) is 2.38. The molecule has 0 atom stereocenters. The monoisotopic (exact) mass is 249 g/mol. The van der Waals surface area contributed by atoms with Crippen molar-refractivity contribution in [1.29, 1.82) is 0 Å². The Morgan fingerprint density at radius 3 is 2.56 bits per heavy atom. The molecule has 0 spiro atoms. The first-order chi connectivity index (χ1) is 8.61. The molecule has 0 aliphatic rings. The summed E-state index contributed by atoms with van der Waals surface area (Å²) >= 11 is 0. The lowest BCUT2D eigenvalue weighted by Crippen LogP contribution is -2.36. The molecule has 1 aromatic carbocycles. The number of urea groups is 1. The quantitative estimate of drug-likeness (QED) is 0.692. The lowest BCUT2D eigenvalue weighted by molar-refractivity contribution is -0.118. The molecule has 0 saturated carbocycles. The molecule has 98 valence electrons. The van der Waals surface area contributed by atoms with Crippen molar-refractivity contribution >= 4 is 17.6 Å². The number of carbonyl (C=O) groups excluding carboxylic acids is 2. The number of carbonyl (C=O) groups is 2. The predicted molar refractivity (Wildman–Crippen MR) is 71.5 cm³/mol. The standard InChI is InChI=1S/C13H19N3O2/c1-3-11-5-4-6-12(9-11)16-13(18)15-8-7-14-10(2)17/h4-6,9H,3,7-8H2,1-2H3,(H,14,17)(H2,15,16,18). The van der Waals surface area contributed by atoms with Gasteiger partial charge in [0.05, 0.1) is 0 Å². The minimum absolute atomic E-state index is 0.104. The van der Waals surface area contributed by atoms with Crippen LogP contribution in [0.5, 0.6) is 0 Å². The number of amides is 3. The van der Waals surface area contributed by atoms with Gasteiger partial charge < -0.3 is 16.0 Å². The molecule has 0 saturated heterocycles. The molecule has 18 heavy (non-hydrogen) atoms. The summed E-state index contributed by atoms with van der Waals surface area (Å²) in [5.74, 6) is -0.104. The van der Waals surface area contributed by atoms with Crippen molar-refractivity contribution < 1.29 is 9.59 Å². The van der Waals surface area contributed by atoms with Crippen LogP contribution in [-0.2, 0) is 11.2 Å². The molecule has 0 fully saturated rings. The first kappa shape index (κ1) is 14.0. The van der Waals surface area contributed by atoms with E-state index in [2.05, 4.69) is 22.9 Å². The van der Waals surface area contributed by atoms with Crippen molar-refractivity contribution in [1.82, 2.24) is 10.6 Å². The second-order valence-electron chi connectivity index (χ2n) is 3.92. The van der Waals surface area contributed by atoms with Crippen LogP contribution in [0.15, 0.2) is 24.3 Å². The van der Waals surface area contributed by atoms with Crippen molar-refractivity contribution in [3.05, 3.63) is 29.8 Å². The van der Waals surface area contributed by atoms with Gasteiger partial charge >= 0.3 is 6.03 Å². The van der Waals surface area contributed by atoms with E-state index in [1.165, 1.54) is 12.5 Å². The number of hydrogen-bond donors (Lipinski definition) is 3. The van der Waals surface area contributed by atoms with Gasteiger partial charge in [0.25, 0.3) is 0 Å². The molecule has 0 unspecified atom stereocenters. The molecule has 0 heterocycles. The highest BCUT2D eigenvalue weighted by Crippen LogP contribution is 2.10. The maximum absolute atomic E-state index is 11.5. The van der Waals surface area contributed by atoms with Gasteiger partial charge in [0.2, 0.25) is 5.91 Å². The molecule has 5 heteroatoms. The van der Waals surface area contributed by atoms with Gasteiger partial charge in [0.15, 0.2) is 0 Å². The second kappa shape index (κ2) is 7.32. The molecule has 0 aliphatic carbocycles. The Kier molecular flexibility index (Phi) is 5.70. The Bertz CT molecular complexity index is 418. The summed E-state index contributed by atoms with van der Waals surface area (Å²) in [6, 6.07) is 7.43. The highest BCUT2D eigenvalue weighted by molar-refractivity contribution is 5.89. The van der Waals surface area contributed by atoms with Gasteiger partial charge in [-0.1, -0.05) is 19.1 Å². The van der Waals surface area contributed by atoms with E-state index in [4.69, 9.17) is 0 Å². The van der Waals surface area contributed by atoms with Crippen LogP contribution >= 0.6 is 0 Å². The molecule has 3 amide bonds. The summed E-state index contributed by atoms with van der Waals surface area (Å²) < 4.78 is 0. The van der Waals surface area contributed by atoms with E-state index in [-0.39, 0.29) is 11.9 Å². The molecule has 1 aromatic rings. The van der Waals surface area contributed by atoms with Crippen LogP contribution in [0, 0.1) is 0 Å². The van der Waals surface area contributed by atoms with Crippen molar-refractivity contribution in [2.45, 2.75) is 20.3 Å². The second-order valence-corrected chi connectivity index (χ2v) is 3.92. The molecular weight excluding hydrogens is 230 g/mol. The fraction of sp³-hybridized carbons (Fsp3) is 0.385. The fourth-order valence-electron chi connectivity index (χ4n) is 1.46. The number of aryl methyl sites for hydroxylation is 1. The van der Waals surface area contributed by atoms with Crippen molar-refractivity contribution in [3.8, 4) is 0 Å². The molecular formula is C13H19N3O2. The zero-order valence-corrected chi connectivity index (χ0v) is 10.7. The van der Waals surface area contributed by atoms with Gasteiger partial charge in [-0.2, -0.15) is 0 Å². The maximum atomic E-state index is 11.5. The Morgan fingerprint density at radius 1 is 1.17 bits per heavy atom. The smallest absolute Gasteiger partial charge is 0.319 e. The first-order valence-electron chi connectivity index (χ1n) is 6.00. The summed E-state index contributed by atoms with van der Waals surface area (Å²) in [5.41, 5.74) is 1.94. The number of benzene rings is 1. The Labute approximate surface area is 107 Å². The van der Waals surface area contributed by atoms with Crippen LogP contribution in [0.1, 0.15) is 19.4 Å². The number of nitrogens with one attached hydrogen (secondary N) is 3. The minimum Gasteiger partial charge on any atom is -0.355 e. The highest BCUT2D eigenvalue weighted by atomic mass is 16.2. The normalized spacial score (nSPS) is 9.67. The third kappa shape index (κ3) is 5.34. The van der Waals surface area contributed by atoms with Gasteiger partial charge in [-0.25, -0.2) is 4.79 Å². The molecule has 0 aromatic heterocycles. The van der Waals surface area contributed by atoms with Crippen molar-refractivity contribution in [3.63, 3.8) is 0 Å². The number of anilines is 1. The van der Waals surface area contributed by atoms with Gasteiger partial charge in [0, 0.05) is 25.7 Å². The average Bonchev–Trinajstić information content (AvgIpc) is 2.34. The summed E-state index contributed by atoms with van der Waals surface area (Å²) in [5, 5.41) is 8.00. The molecule has 0 bridgehead atoms. The van der Waals surface area contributed by atoms with Crippen LogP contribution in [0.2, 0.25) is 0 Å². The summed E-state index contributed by atoms with van der Waals surface area (Å²) in [4.78, 5) is 22.1. The van der Waals surface area contributed by atoms with Crippen LogP contribution < -0.4 is 16.0 Å². The zero-order valence-electron chi connectivity index (χ0n) is 10.7.